The van der Waals surface area contributed by atoms with Gasteiger partial charge in [-0.25, -0.2) is 0 Å². The molecule has 0 amide bonds. The molecule has 2 nitrogen and oxygen atoms in total. The molecular weight excluding hydrogens is 316 g/mol. The van der Waals surface area contributed by atoms with Gasteiger partial charge in [0, 0.05) is 30.1 Å². The average molecular weight is 358 g/mol. The van der Waals surface area contributed by atoms with E-state index in [0.29, 0.717) is 0 Å². The maximum Gasteiger partial charge on any atom is 0.0783 e. The third-order valence-electron chi connectivity index (χ3n) is 5.40. The summed E-state index contributed by atoms with van der Waals surface area (Å²) in [7, 11) is 6.85. The summed E-state index contributed by atoms with van der Waals surface area (Å²) in [5, 5.41) is 1.47. The molecule has 0 bridgehead atoms. The van der Waals surface area contributed by atoms with Crippen LogP contribution in [0.25, 0.3) is 10.9 Å². The van der Waals surface area contributed by atoms with Crippen LogP contribution in [0.15, 0.2) is 30.5 Å². The number of aryl methyl sites for hydroxylation is 2. The summed E-state index contributed by atoms with van der Waals surface area (Å²) in [5.74, 6) is 0. The highest BCUT2D eigenvalue weighted by Crippen LogP contribution is 2.23. The Hall–Kier alpha value is -1.28. The molecule has 26 heavy (non-hydrogen) atoms. The highest BCUT2D eigenvalue weighted by Gasteiger charge is 2.11. The molecule has 2 rings (SSSR count). The fourth-order valence-corrected chi connectivity index (χ4v) is 3.87. The Balaban J connectivity index is 1.83. The molecule has 1 aromatic heterocycles. The van der Waals surface area contributed by atoms with Gasteiger partial charge < -0.3 is 9.05 Å². The van der Waals surface area contributed by atoms with E-state index in [0.717, 1.165) is 4.48 Å². The van der Waals surface area contributed by atoms with Crippen molar-refractivity contribution < 1.29 is 4.48 Å². The van der Waals surface area contributed by atoms with Crippen molar-refractivity contribution in [2.75, 3.05) is 27.7 Å². The first-order chi connectivity index (χ1) is 12.5. The van der Waals surface area contributed by atoms with Gasteiger partial charge in [-0.05, 0) is 24.5 Å². The molecule has 0 atom stereocenters. The monoisotopic (exact) mass is 357 g/mol. The van der Waals surface area contributed by atoms with Crippen molar-refractivity contribution in [3.8, 4) is 0 Å². The summed E-state index contributed by atoms with van der Waals surface area (Å²) in [6.07, 6.45) is 16.0. The quantitative estimate of drug-likeness (QED) is 0.288. The van der Waals surface area contributed by atoms with Gasteiger partial charge in [-0.2, -0.15) is 0 Å². The maximum absolute atomic E-state index is 2.51. The third kappa shape index (κ3) is 7.15. The van der Waals surface area contributed by atoms with Gasteiger partial charge in [0.25, 0.3) is 0 Å². The molecule has 0 aliphatic rings. The van der Waals surface area contributed by atoms with Crippen molar-refractivity contribution >= 4 is 10.9 Å². The molecule has 0 fully saturated rings. The number of fused-ring (bicyclic) bond motifs is 1. The Morgan fingerprint density at radius 2 is 1.46 bits per heavy atom. The third-order valence-corrected chi connectivity index (χ3v) is 5.40. The summed E-state index contributed by atoms with van der Waals surface area (Å²) in [4.78, 5) is 0. The first kappa shape index (κ1) is 21.0. The van der Waals surface area contributed by atoms with Crippen LogP contribution in [0.4, 0.5) is 0 Å². The van der Waals surface area contributed by atoms with Gasteiger partial charge in [0.05, 0.1) is 27.7 Å². The number of rotatable bonds is 13. The van der Waals surface area contributed by atoms with E-state index in [2.05, 4.69) is 63.1 Å². The number of hydrogen-bond donors (Lipinski definition) is 0. The smallest absolute Gasteiger partial charge is 0.0783 e. The van der Waals surface area contributed by atoms with Crippen LogP contribution in [0, 0.1) is 0 Å². The van der Waals surface area contributed by atoms with Gasteiger partial charge in [-0.1, -0.05) is 70.1 Å². The van der Waals surface area contributed by atoms with E-state index in [-0.39, 0.29) is 0 Å². The number of aromatic nitrogens is 1. The Kier molecular flexibility index (Phi) is 8.71. The van der Waals surface area contributed by atoms with Crippen molar-refractivity contribution in [1.29, 1.82) is 0 Å². The minimum absolute atomic E-state index is 1.05. The number of benzene rings is 1. The van der Waals surface area contributed by atoms with Gasteiger partial charge in [-0.3, -0.25) is 0 Å². The largest absolute Gasteiger partial charge is 0.347 e. The zero-order chi connectivity index (χ0) is 18.8. The van der Waals surface area contributed by atoms with Crippen molar-refractivity contribution in [2.24, 2.45) is 0 Å². The van der Waals surface area contributed by atoms with Gasteiger partial charge in [0.15, 0.2) is 0 Å². The molecule has 0 spiro atoms. The molecule has 0 saturated carbocycles. The predicted octanol–water partition coefficient (Wildman–Crippen LogP) is 6.42. The van der Waals surface area contributed by atoms with Gasteiger partial charge in [0.1, 0.15) is 0 Å². The molecule has 0 saturated heterocycles. The first-order valence-corrected chi connectivity index (χ1v) is 10.9. The Bertz CT molecular complexity index is 633. The fraction of sp³-hybridized carbons (Fsp3) is 0.667. The maximum atomic E-state index is 2.51. The topological polar surface area (TPSA) is 4.93 Å². The van der Waals surface area contributed by atoms with Crippen LogP contribution in [-0.4, -0.2) is 36.7 Å². The summed E-state index contributed by atoms with van der Waals surface area (Å²) in [6, 6.07) is 8.97. The molecule has 1 heterocycles. The minimum atomic E-state index is 1.05. The van der Waals surface area contributed by atoms with Crippen molar-refractivity contribution in [2.45, 2.75) is 77.7 Å². The molecule has 146 valence electrons. The number of nitrogens with zero attached hydrogens (tertiary/aromatic N) is 2. The Labute approximate surface area is 161 Å². The first-order valence-electron chi connectivity index (χ1n) is 10.9. The van der Waals surface area contributed by atoms with Crippen molar-refractivity contribution in [3.05, 3.63) is 36.0 Å². The Morgan fingerprint density at radius 3 is 2.15 bits per heavy atom. The van der Waals surface area contributed by atoms with E-state index in [1.165, 1.54) is 93.8 Å². The second kappa shape index (κ2) is 10.8. The molecule has 0 unspecified atom stereocenters. The SMILES string of the molecule is CCCCCCCCCCn1cc(CCC[N+](C)(C)C)c2ccccc21. The summed E-state index contributed by atoms with van der Waals surface area (Å²) >= 11 is 0. The van der Waals surface area contributed by atoms with E-state index < -0.39 is 0 Å². The molecule has 0 radical (unpaired) electrons. The average Bonchev–Trinajstić information content (AvgIpc) is 2.94. The normalized spacial score (nSPS) is 12.2. The molecule has 2 heteroatoms. The van der Waals surface area contributed by atoms with Crippen LogP contribution in [0.3, 0.4) is 0 Å². The molecule has 0 aliphatic carbocycles. The number of unbranched alkanes of at least 4 members (excludes halogenated alkanes) is 7. The molecule has 2 aromatic rings. The fourth-order valence-electron chi connectivity index (χ4n) is 3.87. The number of para-hydroxylation sites is 1. The second-order valence-electron chi connectivity index (χ2n) is 8.96. The summed E-state index contributed by atoms with van der Waals surface area (Å²) < 4.78 is 3.56. The van der Waals surface area contributed by atoms with Crippen LogP contribution in [0.1, 0.15) is 70.3 Å². The van der Waals surface area contributed by atoms with Crippen LogP contribution < -0.4 is 0 Å². The zero-order valence-corrected chi connectivity index (χ0v) is 17.8. The molecular formula is C24H41N2+. The lowest BCUT2D eigenvalue weighted by atomic mass is 10.1. The predicted molar refractivity (Wildman–Crippen MR) is 116 cm³/mol. The van der Waals surface area contributed by atoms with Gasteiger partial charge >= 0.3 is 0 Å². The van der Waals surface area contributed by atoms with E-state index >= 15 is 0 Å². The second-order valence-corrected chi connectivity index (χ2v) is 8.96. The van der Waals surface area contributed by atoms with E-state index in [1.807, 2.05) is 0 Å². The lowest BCUT2D eigenvalue weighted by Gasteiger charge is -2.23. The zero-order valence-electron chi connectivity index (χ0n) is 17.8. The van der Waals surface area contributed by atoms with Gasteiger partial charge in [-0.15, -0.1) is 0 Å². The highest BCUT2D eigenvalue weighted by atomic mass is 15.3. The number of hydrogen-bond acceptors (Lipinski definition) is 0. The number of quaternary nitrogens is 1. The van der Waals surface area contributed by atoms with E-state index in [9.17, 15) is 0 Å². The lowest BCUT2D eigenvalue weighted by Crippen LogP contribution is -2.35. The molecule has 0 N–H and O–H groups in total. The van der Waals surface area contributed by atoms with Crippen LogP contribution in [0.2, 0.25) is 0 Å². The summed E-state index contributed by atoms with van der Waals surface area (Å²) in [5.41, 5.74) is 2.96. The van der Waals surface area contributed by atoms with Crippen LogP contribution in [-0.2, 0) is 13.0 Å². The van der Waals surface area contributed by atoms with Crippen molar-refractivity contribution in [1.82, 2.24) is 4.57 Å². The standard InChI is InChI=1S/C24H41N2/c1-5-6-7-8-9-10-11-14-19-25-21-22(16-15-20-26(2,3)4)23-17-12-13-18-24(23)25/h12-13,17-18,21H,5-11,14-16,19-20H2,1-4H3/q+1. The summed E-state index contributed by atoms with van der Waals surface area (Å²) in [6.45, 7) is 4.69. The molecule has 1 aromatic carbocycles. The Morgan fingerprint density at radius 1 is 0.808 bits per heavy atom. The van der Waals surface area contributed by atoms with Gasteiger partial charge in [0.2, 0.25) is 0 Å². The van der Waals surface area contributed by atoms with Crippen molar-refractivity contribution in [3.63, 3.8) is 0 Å². The van der Waals surface area contributed by atoms with Crippen LogP contribution >= 0.6 is 0 Å². The minimum Gasteiger partial charge on any atom is -0.347 e. The van der Waals surface area contributed by atoms with E-state index in [1.54, 1.807) is 0 Å². The highest BCUT2D eigenvalue weighted by molar-refractivity contribution is 5.83. The van der Waals surface area contributed by atoms with Crippen LogP contribution in [0.5, 0.6) is 0 Å². The lowest BCUT2D eigenvalue weighted by molar-refractivity contribution is -0.870. The molecule has 0 aliphatic heterocycles. The van der Waals surface area contributed by atoms with E-state index in [4.69, 9.17) is 0 Å².